The number of hydrogen-bond acceptors (Lipinski definition) is 0. The zero-order chi connectivity index (χ0) is 10.1. The van der Waals surface area contributed by atoms with Crippen molar-refractivity contribution in [1.82, 2.24) is 0 Å². The maximum absolute atomic E-state index is 3.22. The summed E-state index contributed by atoms with van der Waals surface area (Å²) in [5, 5.41) is 0. The molecule has 0 radical (unpaired) electrons. The molecule has 0 spiro atoms. The lowest BCUT2D eigenvalue weighted by molar-refractivity contribution is 0.797. The third-order valence-electron chi connectivity index (χ3n) is 2.10. The van der Waals surface area contributed by atoms with Gasteiger partial charge in [0, 0.05) is 5.92 Å². The Morgan fingerprint density at radius 3 is 2.54 bits per heavy atom. The van der Waals surface area contributed by atoms with Crippen LogP contribution in [0, 0.1) is 17.8 Å². The van der Waals surface area contributed by atoms with Gasteiger partial charge >= 0.3 is 0 Å². The Morgan fingerprint density at radius 2 is 2.08 bits per heavy atom. The van der Waals surface area contributed by atoms with E-state index in [1.54, 1.807) is 0 Å². The highest BCUT2D eigenvalue weighted by atomic mass is 14.1. The molecule has 0 amide bonds. The fraction of sp³-hybridized carbons (Fsp3) is 0.538. The monoisotopic (exact) mass is 176 g/mol. The van der Waals surface area contributed by atoms with Gasteiger partial charge in [-0.2, -0.15) is 0 Å². The van der Waals surface area contributed by atoms with Gasteiger partial charge in [-0.1, -0.05) is 36.6 Å². The molecule has 0 nitrogen and oxygen atoms in total. The first-order chi connectivity index (χ1) is 6.26. The lowest BCUT2D eigenvalue weighted by atomic mass is 9.97. The van der Waals surface area contributed by atoms with Crippen molar-refractivity contribution >= 4 is 0 Å². The molecule has 13 heavy (non-hydrogen) atoms. The highest BCUT2D eigenvalue weighted by Crippen LogP contribution is 2.14. The van der Waals surface area contributed by atoms with E-state index in [1.165, 1.54) is 5.57 Å². The topological polar surface area (TPSA) is 0 Å². The largest absolute Gasteiger partial charge is 0.106 e. The van der Waals surface area contributed by atoms with Crippen molar-refractivity contribution in [2.75, 3.05) is 0 Å². The normalized spacial score (nSPS) is 14.0. The van der Waals surface area contributed by atoms with Crippen LogP contribution in [0.5, 0.6) is 0 Å². The maximum atomic E-state index is 3.22. The van der Waals surface area contributed by atoms with E-state index in [0.717, 1.165) is 12.8 Å². The lowest BCUT2D eigenvalue weighted by Gasteiger charge is -2.07. The summed E-state index contributed by atoms with van der Waals surface area (Å²) in [6.07, 6.45) is 8.73. The molecule has 0 saturated carbocycles. The van der Waals surface area contributed by atoms with Crippen LogP contribution in [0.15, 0.2) is 23.8 Å². The van der Waals surface area contributed by atoms with Crippen LogP contribution in [0.2, 0.25) is 0 Å². The average Bonchev–Trinajstić information content (AvgIpc) is 2.16. The Balaban J connectivity index is 4.24. The average molecular weight is 176 g/mol. The Hall–Kier alpha value is -0.960. The second-order valence-electron chi connectivity index (χ2n) is 3.09. The molecule has 0 heterocycles. The molecule has 0 aromatic carbocycles. The maximum Gasteiger partial charge on any atom is 0.0443 e. The molecule has 0 aliphatic heterocycles. The van der Waals surface area contributed by atoms with Crippen molar-refractivity contribution in [2.45, 2.75) is 40.5 Å². The van der Waals surface area contributed by atoms with Gasteiger partial charge < -0.3 is 0 Å². The van der Waals surface area contributed by atoms with E-state index < -0.39 is 0 Å². The highest BCUT2D eigenvalue weighted by Gasteiger charge is 2.03. The molecule has 0 N–H and O–H groups in total. The van der Waals surface area contributed by atoms with Gasteiger partial charge in [0.2, 0.25) is 0 Å². The van der Waals surface area contributed by atoms with Crippen LogP contribution >= 0.6 is 0 Å². The van der Waals surface area contributed by atoms with Crippen LogP contribution in [0.25, 0.3) is 0 Å². The van der Waals surface area contributed by atoms with Crippen molar-refractivity contribution < 1.29 is 0 Å². The van der Waals surface area contributed by atoms with Crippen LogP contribution < -0.4 is 0 Å². The third kappa shape index (κ3) is 5.31. The lowest BCUT2D eigenvalue weighted by Crippen LogP contribution is -1.96. The molecule has 72 valence electrons. The summed E-state index contributed by atoms with van der Waals surface area (Å²) in [5.41, 5.74) is 1.37. The fourth-order valence-electron chi connectivity index (χ4n) is 1.13. The molecule has 0 aromatic rings. The van der Waals surface area contributed by atoms with Gasteiger partial charge in [0.1, 0.15) is 0 Å². The smallest absolute Gasteiger partial charge is 0.0443 e. The van der Waals surface area contributed by atoms with E-state index in [4.69, 9.17) is 0 Å². The zero-order valence-corrected chi connectivity index (χ0v) is 9.22. The SMILES string of the molecule is CC#CC(CC=CCC)C(C)=CC. The number of allylic oxidation sites excluding steroid dienone is 4. The summed E-state index contributed by atoms with van der Waals surface area (Å²) in [6.45, 7) is 8.27. The molecule has 1 unspecified atom stereocenters. The van der Waals surface area contributed by atoms with E-state index in [2.05, 4.69) is 50.8 Å². The molecule has 0 aliphatic rings. The standard InChI is InChI=1S/C13H20/c1-5-8-9-11-13(10-6-2)12(4)7-3/h7-9,13H,5,11H2,1-4H3. The summed E-state index contributed by atoms with van der Waals surface area (Å²) < 4.78 is 0. The fourth-order valence-corrected chi connectivity index (χ4v) is 1.13. The summed E-state index contributed by atoms with van der Waals surface area (Å²) in [6, 6.07) is 0. The Labute approximate surface area is 82.7 Å². The minimum Gasteiger partial charge on any atom is -0.106 e. The molecule has 0 saturated heterocycles. The van der Waals surface area contributed by atoms with Crippen molar-refractivity contribution in [1.29, 1.82) is 0 Å². The van der Waals surface area contributed by atoms with Crippen molar-refractivity contribution in [2.24, 2.45) is 5.92 Å². The molecular weight excluding hydrogens is 156 g/mol. The number of hydrogen-bond donors (Lipinski definition) is 0. The zero-order valence-electron chi connectivity index (χ0n) is 9.22. The van der Waals surface area contributed by atoms with Crippen LogP contribution in [0.3, 0.4) is 0 Å². The second kappa shape index (κ2) is 7.68. The van der Waals surface area contributed by atoms with Crippen molar-refractivity contribution in [3.8, 4) is 11.8 Å². The summed E-state index contributed by atoms with van der Waals surface area (Å²) in [7, 11) is 0. The summed E-state index contributed by atoms with van der Waals surface area (Å²) in [5.74, 6) is 6.62. The molecule has 0 heteroatoms. The van der Waals surface area contributed by atoms with Gasteiger partial charge in [0.15, 0.2) is 0 Å². The van der Waals surface area contributed by atoms with Crippen molar-refractivity contribution in [3.05, 3.63) is 23.8 Å². The minimum absolute atomic E-state index is 0.415. The predicted molar refractivity (Wildman–Crippen MR) is 60.4 cm³/mol. The molecule has 0 aliphatic carbocycles. The van der Waals surface area contributed by atoms with E-state index >= 15 is 0 Å². The van der Waals surface area contributed by atoms with E-state index in [9.17, 15) is 0 Å². The van der Waals surface area contributed by atoms with Gasteiger partial charge in [-0.3, -0.25) is 0 Å². The Kier molecular flexibility index (Phi) is 7.11. The molecule has 0 fully saturated rings. The van der Waals surface area contributed by atoms with Crippen LogP contribution in [0.4, 0.5) is 0 Å². The first-order valence-corrected chi connectivity index (χ1v) is 4.96. The molecule has 0 bridgehead atoms. The van der Waals surface area contributed by atoms with E-state index in [-0.39, 0.29) is 0 Å². The minimum atomic E-state index is 0.415. The molecule has 1 atom stereocenters. The predicted octanol–water partition coefficient (Wildman–Crippen LogP) is 3.95. The molecule has 0 rings (SSSR count). The summed E-state index contributed by atoms with van der Waals surface area (Å²) >= 11 is 0. The van der Waals surface area contributed by atoms with Crippen LogP contribution in [-0.4, -0.2) is 0 Å². The first kappa shape index (κ1) is 12.0. The quantitative estimate of drug-likeness (QED) is 0.449. The van der Waals surface area contributed by atoms with Gasteiger partial charge in [0.05, 0.1) is 0 Å². The third-order valence-corrected chi connectivity index (χ3v) is 2.10. The van der Waals surface area contributed by atoms with Crippen molar-refractivity contribution in [3.63, 3.8) is 0 Å². The molecule has 0 aromatic heterocycles. The Bertz CT molecular complexity index is 232. The van der Waals surface area contributed by atoms with Gasteiger partial charge in [-0.15, -0.1) is 5.92 Å². The Morgan fingerprint density at radius 1 is 1.38 bits per heavy atom. The van der Waals surface area contributed by atoms with Gasteiger partial charge in [-0.25, -0.2) is 0 Å². The van der Waals surface area contributed by atoms with E-state index in [1.807, 2.05) is 6.92 Å². The summed E-state index contributed by atoms with van der Waals surface area (Å²) in [4.78, 5) is 0. The highest BCUT2D eigenvalue weighted by molar-refractivity contribution is 5.18. The van der Waals surface area contributed by atoms with Gasteiger partial charge in [-0.05, 0) is 33.6 Å². The van der Waals surface area contributed by atoms with Gasteiger partial charge in [0.25, 0.3) is 0 Å². The number of rotatable bonds is 4. The van der Waals surface area contributed by atoms with E-state index in [0.29, 0.717) is 5.92 Å². The van der Waals surface area contributed by atoms with Crippen LogP contribution in [-0.2, 0) is 0 Å². The second-order valence-corrected chi connectivity index (χ2v) is 3.09. The molecular formula is C13H20. The first-order valence-electron chi connectivity index (χ1n) is 4.96. The van der Waals surface area contributed by atoms with Crippen LogP contribution in [0.1, 0.15) is 40.5 Å².